The number of benzene rings is 2. The molecule has 3 amide bonds. The largest absolute Gasteiger partial charge is 0.497 e. The van der Waals surface area contributed by atoms with Gasteiger partial charge in [0.2, 0.25) is 5.91 Å². The van der Waals surface area contributed by atoms with Crippen LogP contribution in [-0.2, 0) is 9.59 Å². The maximum Gasteiger partial charge on any atom is 0.294 e. The van der Waals surface area contributed by atoms with Gasteiger partial charge in [-0.25, -0.2) is 0 Å². The second-order valence-electron chi connectivity index (χ2n) is 9.77. The van der Waals surface area contributed by atoms with Gasteiger partial charge in [0.05, 0.1) is 17.6 Å². The van der Waals surface area contributed by atoms with Crippen LogP contribution in [0, 0.1) is 0 Å². The van der Waals surface area contributed by atoms with Crippen LogP contribution in [-0.4, -0.2) is 47.2 Å². The van der Waals surface area contributed by atoms with Crippen LogP contribution in [0.2, 0.25) is 0 Å². The molecule has 1 fully saturated rings. The molecule has 2 aromatic carbocycles. The number of imide groups is 1. The average molecular weight is 506 g/mol. The van der Waals surface area contributed by atoms with Gasteiger partial charge < -0.3 is 15.0 Å². The van der Waals surface area contributed by atoms with E-state index in [0.29, 0.717) is 22.4 Å². The number of rotatable bonds is 6. The van der Waals surface area contributed by atoms with Crippen molar-refractivity contribution in [3.8, 4) is 5.75 Å². The summed E-state index contributed by atoms with van der Waals surface area (Å²) in [6.07, 6.45) is 3.98. The SMILES string of the molecule is COc1ccc(NC(=O)CN2C(=O)S/C(=C\c3ccc4c(c3)C(C)=CC(C)(C)N4C(C)C)C2=O)cc1. The molecular formula is C28H31N3O4S. The molecule has 0 unspecified atom stereocenters. The highest BCUT2D eigenvalue weighted by Gasteiger charge is 2.37. The number of hydrogen-bond acceptors (Lipinski definition) is 6. The van der Waals surface area contributed by atoms with E-state index >= 15 is 0 Å². The van der Waals surface area contributed by atoms with Gasteiger partial charge in [0.1, 0.15) is 12.3 Å². The highest BCUT2D eigenvalue weighted by molar-refractivity contribution is 8.18. The molecule has 0 radical (unpaired) electrons. The first-order valence-corrected chi connectivity index (χ1v) is 12.6. The van der Waals surface area contributed by atoms with Crippen molar-refractivity contribution in [1.82, 2.24) is 4.90 Å². The summed E-state index contributed by atoms with van der Waals surface area (Å²) in [5.41, 5.74) is 4.70. The molecule has 1 saturated heterocycles. The van der Waals surface area contributed by atoms with Gasteiger partial charge in [0.15, 0.2) is 0 Å². The summed E-state index contributed by atoms with van der Waals surface area (Å²) in [4.78, 5) is 41.7. The number of fused-ring (bicyclic) bond motifs is 1. The first-order valence-electron chi connectivity index (χ1n) is 11.8. The molecule has 4 rings (SSSR count). The summed E-state index contributed by atoms with van der Waals surface area (Å²) in [6.45, 7) is 10.5. The van der Waals surface area contributed by atoms with Crippen molar-refractivity contribution in [2.24, 2.45) is 0 Å². The summed E-state index contributed by atoms with van der Waals surface area (Å²) >= 11 is 0.850. The number of nitrogens with zero attached hydrogens (tertiary/aromatic N) is 2. The van der Waals surface area contributed by atoms with Crippen molar-refractivity contribution in [1.29, 1.82) is 0 Å². The van der Waals surface area contributed by atoms with Crippen molar-refractivity contribution in [3.63, 3.8) is 0 Å². The van der Waals surface area contributed by atoms with Gasteiger partial charge in [0.25, 0.3) is 11.1 Å². The Morgan fingerprint density at radius 1 is 1.14 bits per heavy atom. The normalized spacial score (nSPS) is 18.0. The smallest absolute Gasteiger partial charge is 0.294 e. The lowest BCUT2D eigenvalue weighted by Gasteiger charge is -2.46. The Hall–Kier alpha value is -3.52. The number of carbonyl (C=O) groups is 3. The lowest BCUT2D eigenvalue weighted by molar-refractivity contribution is -0.127. The van der Waals surface area contributed by atoms with E-state index in [2.05, 4.69) is 63.0 Å². The van der Waals surface area contributed by atoms with Gasteiger partial charge in [-0.2, -0.15) is 0 Å². The number of nitrogens with one attached hydrogen (secondary N) is 1. The lowest BCUT2D eigenvalue weighted by atomic mass is 9.87. The second-order valence-corrected chi connectivity index (χ2v) is 10.8. The van der Waals surface area contributed by atoms with Gasteiger partial charge in [-0.05, 0) is 100.0 Å². The van der Waals surface area contributed by atoms with E-state index in [1.807, 2.05) is 6.07 Å². The van der Waals surface area contributed by atoms with Crippen LogP contribution >= 0.6 is 11.8 Å². The molecule has 2 heterocycles. The number of ether oxygens (including phenoxy) is 1. The number of amides is 3. The minimum atomic E-state index is -0.468. The predicted octanol–water partition coefficient (Wildman–Crippen LogP) is 5.78. The number of methoxy groups -OCH3 is 1. The van der Waals surface area contributed by atoms with E-state index < -0.39 is 17.1 Å². The van der Waals surface area contributed by atoms with Crippen molar-refractivity contribution in [2.75, 3.05) is 23.9 Å². The Morgan fingerprint density at radius 2 is 1.83 bits per heavy atom. The molecule has 0 aromatic heterocycles. The molecule has 2 aliphatic rings. The number of allylic oxidation sites excluding steroid dienone is 1. The topological polar surface area (TPSA) is 79.0 Å². The van der Waals surface area contributed by atoms with Crippen LogP contribution in [0.5, 0.6) is 5.75 Å². The van der Waals surface area contributed by atoms with Crippen LogP contribution in [0.1, 0.15) is 45.7 Å². The molecule has 36 heavy (non-hydrogen) atoms. The molecule has 0 spiro atoms. The van der Waals surface area contributed by atoms with Crippen LogP contribution in [0.4, 0.5) is 16.2 Å². The van der Waals surface area contributed by atoms with Gasteiger partial charge in [-0.3, -0.25) is 19.3 Å². The minimum absolute atomic E-state index is 0.109. The van der Waals surface area contributed by atoms with E-state index in [0.717, 1.165) is 33.5 Å². The number of anilines is 2. The van der Waals surface area contributed by atoms with Crippen molar-refractivity contribution in [3.05, 3.63) is 64.6 Å². The number of thioether (sulfide) groups is 1. The van der Waals surface area contributed by atoms with E-state index in [1.165, 1.54) is 5.57 Å². The maximum atomic E-state index is 13.0. The lowest BCUT2D eigenvalue weighted by Crippen LogP contribution is -2.49. The molecular weight excluding hydrogens is 474 g/mol. The fourth-order valence-corrected chi connectivity index (χ4v) is 5.75. The molecule has 2 aliphatic heterocycles. The average Bonchev–Trinajstić information content (AvgIpc) is 3.06. The van der Waals surface area contributed by atoms with Crippen molar-refractivity contribution >= 4 is 51.8 Å². The quantitative estimate of drug-likeness (QED) is 0.502. The first-order chi connectivity index (χ1) is 17.0. The summed E-state index contributed by atoms with van der Waals surface area (Å²) in [7, 11) is 1.56. The summed E-state index contributed by atoms with van der Waals surface area (Å²) in [5.74, 6) is -0.253. The molecule has 8 heteroatoms. The number of carbonyl (C=O) groups excluding carboxylic acids is 3. The fraction of sp³-hybridized carbons (Fsp3) is 0.321. The third-order valence-electron chi connectivity index (χ3n) is 6.26. The Morgan fingerprint density at radius 3 is 2.47 bits per heavy atom. The molecule has 0 aliphatic carbocycles. The number of hydrogen-bond donors (Lipinski definition) is 1. The summed E-state index contributed by atoms with van der Waals surface area (Å²) < 4.78 is 5.11. The second kappa shape index (κ2) is 9.85. The van der Waals surface area contributed by atoms with Crippen LogP contribution in [0.15, 0.2) is 53.4 Å². The van der Waals surface area contributed by atoms with Gasteiger partial charge in [-0.1, -0.05) is 12.1 Å². The highest BCUT2D eigenvalue weighted by Crippen LogP contribution is 2.41. The fourth-order valence-electron chi connectivity index (χ4n) is 4.91. The van der Waals surface area contributed by atoms with E-state index in [4.69, 9.17) is 4.74 Å². The monoisotopic (exact) mass is 505 g/mol. The van der Waals surface area contributed by atoms with Crippen LogP contribution in [0.3, 0.4) is 0 Å². The standard InChI is InChI=1S/C28H31N3O4S/c1-17(2)31-23-12-7-19(13-22(23)18(3)15-28(31,4)5)14-24-26(33)30(27(34)36-24)16-25(32)29-20-8-10-21(35-6)11-9-20/h7-15,17H,16H2,1-6H3,(H,29,32)/b24-14-. The zero-order valence-electron chi connectivity index (χ0n) is 21.4. The van der Waals surface area contributed by atoms with Crippen molar-refractivity contribution < 1.29 is 19.1 Å². The van der Waals surface area contributed by atoms with E-state index in [1.54, 1.807) is 37.5 Å². The third-order valence-corrected chi connectivity index (χ3v) is 7.17. The zero-order chi connectivity index (χ0) is 26.2. The van der Waals surface area contributed by atoms with Crippen molar-refractivity contribution in [2.45, 2.75) is 46.2 Å². The third kappa shape index (κ3) is 5.04. The van der Waals surface area contributed by atoms with Crippen LogP contribution in [0.25, 0.3) is 11.6 Å². The summed E-state index contributed by atoms with van der Waals surface area (Å²) in [6, 6.07) is 13.2. The highest BCUT2D eigenvalue weighted by atomic mass is 32.2. The van der Waals surface area contributed by atoms with Gasteiger partial charge in [0, 0.05) is 23.0 Å². The molecule has 7 nitrogen and oxygen atoms in total. The predicted molar refractivity (Wildman–Crippen MR) is 146 cm³/mol. The van der Waals surface area contributed by atoms with E-state index in [9.17, 15) is 14.4 Å². The Balaban J connectivity index is 1.51. The van der Waals surface area contributed by atoms with E-state index in [-0.39, 0.29) is 12.1 Å². The molecule has 188 valence electrons. The molecule has 0 saturated carbocycles. The van der Waals surface area contributed by atoms with Gasteiger partial charge in [-0.15, -0.1) is 0 Å². The summed E-state index contributed by atoms with van der Waals surface area (Å²) in [5, 5.41) is 2.24. The van der Waals surface area contributed by atoms with Crippen LogP contribution < -0.4 is 15.0 Å². The molecule has 2 aromatic rings. The maximum absolute atomic E-state index is 13.0. The van der Waals surface area contributed by atoms with Gasteiger partial charge >= 0.3 is 0 Å². The Kier molecular flexibility index (Phi) is 7.00. The molecule has 0 atom stereocenters. The zero-order valence-corrected chi connectivity index (χ0v) is 22.2. The minimum Gasteiger partial charge on any atom is -0.497 e. The first kappa shape index (κ1) is 25.6. The Labute approximate surface area is 216 Å². The molecule has 0 bridgehead atoms. The molecule has 1 N–H and O–H groups in total. The Bertz CT molecular complexity index is 1280.